The fourth-order valence-electron chi connectivity index (χ4n) is 2.85. The highest BCUT2D eigenvalue weighted by Crippen LogP contribution is 2.38. The molecule has 2 N–H and O–H groups in total. The van der Waals surface area contributed by atoms with Crippen molar-refractivity contribution in [2.24, 2.45) is 4.99 Å². The molecule has 0 radical (unpaired) electrons. The van der Waals surface area contributed by atoms with Gasteiger partial charge in [-0.15, -0.1) is 0 Å². The second-order valence-corrected chi connectivity index (χ2v) is 5.41. The molecule has 4 heteroatoms. The molecule has 1 fully saturated rings. The Bertz CT molecular complexity index is 775. The minimum Gasteiger partial charge on any atom is -0.301 e. The van der Waals surface area contributed by atoms with E-state index in [0.717, 1.165) is 40.9 Å². The third-order valence-corrected chi connectivity index (χ3v) is 4.22. The maximum atomic E-state index is 12.0. The first-order valence-electron chi connectivity index (χ1n) is 6.98. The van der Waals surface area contributed by atoms with Crippen molar-refractivity contribution in [3.63, 3.8) is 0 Å². The van der Waals surface area contributed by atoms with Gasteiger partial charge in [0.05, 0.1) is 11.3 Å². The van der Waals surface area contributed by atoms with Crippen LogP contribution in [0.4, 0.5) is 5.69 Å². The van der Waals surface area contributed by atoms with Crippen molar-refractivity contribution in [1.82, 2.24) is 10.2 Å². The molecule has 0 saturated heterocycles. The van der Waals surface area contributed by atoms with Crippen LogP contribution in [-0.4, -0.2) is 16.4 Å². The van der Waals surface area contributed by atoms with Gasteiger partial charge in [-0.2, -0.15) is 0 Å². The lowest BCUT2D eigenvalue weighted by Crippen LogP contribution is -2.12. The van der Waals surface area contributed by atoms with Crippen LogP contribution in [0.5, 0.6) is 0 Å². The number of para-hydroxylation sites is 1. The molecule has 1 aliphatic carbocycles. The topological polar surface area (TPSA) is 61.0 Å². The lowest BCUT2D eigenvalue weighted by atomic mass is 9.81. The second kappa shape index (κ2) is 4.34. The second-order valence-electron chi connectivity index (χ2n) is 5.41. The Morgan fingerprint density at radius 3 is 2.85 bits per heavy atom. The molecule has 1 saturated carbocycles. The highest BCUT2D eigenvalue weighted by molar-refractivity contribution is 6.21. The highest BCUT2D eigenvalue weighted by Gasteiger charge is 2.25. The van der Waals surface area contributed by atoms with Crippen LogP contribution in [0.2, 0.25) is 0 Å². The largest absolute Gasteiger partial charge is 0.301 e. The average Bonchev–Trinajstić information content (AvgIpc) is 2.96. The summed E-state index contributed by atoms with van der Waals surface area (Å²) < 4.78 is 0. The van der Waals surface area contributed by atoms with Crippen molar-refractivity contribution < 1.29 is 0 Å². The smallest absolute Gasteiger partial charge is 0.271 e. The van der Waals surface area contributed by atoms with Crippen LogP contribution < -0.4 is 5.56 Å². The van der Waals surface area contributed by atoms with Gasteiger partial charge < -0.3 is 5.10 Å². The first-order valence-corrected chi connectivity index (χ1v) is 6.98. The Morgan fingerprint density at radius 2 is 2.05 bits per heavy atom. The number of allylic oxidation sites excluding steroid dienone is 1. The zero-order chi connectivity index (χ0) is 13.5. The van der Waals surface area contributed by atoms with Crippen molar-refractivity contribution >= 4 is 23.6 Å². The number of aliphatic imine (C=N–C) groups is 1. The van der Waals surface area contributed by atoms with Crippen LogP contribution in [0, 0.1) is 0 Å². The summed E-state index contributed by atoms with van der Waals surface area (Å²) in [6.07, 6.45) is 7.36. The molecule has 0 spiro atoms. The number of H-pyrrole nitrogens is 2. The number of fused-ring (bicyclic) bond motifs is 1. The van der Waals surface area contributed by atoms with Crippen molar-refractivity contribution in [3.8, 4) is 0 Å². The molecule has 2 heterocycles. The quantitative estimate of drug-likeness (QED) is 0.860. The average molecular weight is 265 g/mol. The lowest BCUT2D eigenvalue weighted by Gasteiger charge is -2.24. The summed E-state index contributed by atoms with van der Waals surface area (Å²) in [5.74, 6) is 0.495. The molecule has 1 aromatic heterocycles. The minimum atomic E-state index is -0.0443. The number of aromatic nitrogens is 2. The van der Waals surface area contributed by atoms with Gasteiger partial charge in [0, 0.05) is 29.0 Å². The maximum absolute atomic E-state index is 12.0. The van der Waals surface area contributed by atoms with Crippen LogP contribution >= 0.6 is 0 Å². The van der Waals surface area contributed by atoms with Gasteiger partial charge in [-0.1, -0.05) is 24.6 Å². The predicted molar refractivity (Wildman–Crippen MR) is 80.5 cm³/mol. The molecule has 0 amide bonds. The van der Waals surface area contributed by atoms with Gasteiger partial charge in [-0.25, -0.2) is 0 Å². The van der Waals surface area contributed by atoms with Crippen molar-refractivity contribution in [2.45, 2.75) is 25.2 Å². The molecule has 0 bridgehead atoms. The van der Waals surface area contributed by atoms with Crippen LogP contribution in [0.3, 0.4) is 0 Å². The number of nitrogens with one attached hydrogen (secondary N) is 2. The molecule has 0 unspecified atom stereocenters. The normalized spacial score (nSPS) is 19.3. The molecule has 20 heavy (non-hydrogen) atoms. The van der Waals surface area contributed by atoms with Gasteiger partial charge in [-0.05, 0) is 25.0 Å². The van der Waals surface area contributed by atoms with Gasteiger partial charge >= 0.3 is 0 Å². The Hall–Kier alpha value is -2.36. The number of aromatic amines is 2. The molecular formula is C16H15N3O. The van der Waals surface area contributed by atoms with E-state index in [9.17, 15) is 4.79 Å². The van der Waals surface area contributed by atoms with Crippen molar-refractivity contribution in [2.75, 3.05) is 0 Å². The minimum absolute atomic E-state index is 0.0443. The summed E-state index contributed by atoms with van der Waals surface area (Å²) in [6.45, 7) is 0. The fraction of sp³-hybridized carbons (Fsp3) is 0.250. The van der Waals surface area contributed by atoms with E-state index in [1.807, 2.05) is 36.6 Å². The zero-order valence-corrected chi connectivity index (χ0v) is 11.0. The van der Waals surface area contributed by atoms with Crippen molar-refractivity contribution in [3.05, 3.63) is 51.4 Å². The first kappa shape index (κ1) is 11.5. The SMILES string of the molecule is O=c1[nH][nH]c(C2CCC2)c1/C=C1/C=Nc2ccccc21. The molecule has 1 aliphatic heterocycles. The molecule has 4 nitrogen and oxygen atoms in total. The van der Waals surface area contributed by atoms with Crippen LogP contribution in [0.25, 0.3) is 11.6 Å². The maximum Gasteiger partial charge on any atom is 0.271 e. The first-order chi connectivity index (χ1) is 9.83. The number of hydrogen-bond donors (Lipinski definition) is 2. The summed E-state index contributed by atoms with van der Waals surface area (Å²) in [7, 11) is 0. The molecule has 1 aromatic carbocycles. The van der Waals surface area contributed by atoms with Crippen LogP contribution in [-0.2, 0) is 0 Å². The Morgan fingerprint density at radius 1 is 1.20 bits per heavy atom. The van der Waals surface area contributed by atoms with E-state index in [0.29, 0.717) is 5.92 Å². The molecule has 100 valence electrons. The van der Waals surface area contributed by atoms with Crippen molar-refractivity contribution in [1.29, 1.82) is 0 Å². The lowest BCUT2D eigenvalue weighted by molar-refractivity contribution is 0.410. The van der Waals surface area contributed by atoms with E-state index in [1.165, 1.54) is 6.42 Å². The molecular weight excluding hydrogens is 250 g/mol. The van der Waals surface area contributed by atoms with E-state index < -0.39 is 0 Å². The van der Waals surface area contributed by atoms with Gasteiger partial charge in [0.1, 0.15) is 0 Å². The molecule has 2 aliphatic rings. The third kappa shape index (κ3) is 1.68. The van der Waals surface area contributed by atoms with E-state index in [4.69, 9.17) is 0 Å². The zero-order valence-electron chi connectivity index (χ0n) is 11.0. The Balaban J connectivity index is 1.80. The fourth-order valence-corrected chi connectivity index (χ4v) is 2.85. The number of hydrogen-bond acceptors (Lipinski definition) is 2. The van der Waals surface area contributed by atoms with E-state index in [1.54, 1.807) is 0 Å². The van der Waals surface area contributed by atoms with Gasteiger partial charge in [0.2, 0.25) is 0 Å². The third-order valence-electron chi connectivity index (χ3n) is 4.22. The monoisotopic (exact) mass is 265 g/mol. The standard InChI is InChI=1S/C16H15N3O/c20-16-13(15(18-19-16)10-4-3-5-10)8-11-9-17-14-7-2-1-6-12(11)14/h1-2,6-10H,3-5H2,(H2,18,19,20)/b11-8-. The number of benzene rings is 1. The van der Waals surface area contributed by atoms with E-state index >= 15 is 0 Å². The Kier molecular flexibility index (Phi) is 2.49. The molecule has 2 aromatic rings. The van der Waals surface area contributed by atoms with Gasteiger partial charge in [0.25, 0.3) is 5.56 Å². The molecule has 0 atom stereocenters. The summed E-state index contributed by atoms with van der Waals surface area (Å²) in [5, 5.41) is 5.76. The summed E-state index contributed by atoms with van der Waals surface area (Å²) in [4.78, 5) is 16.4. The number of nitrogens with zero attached hydrogens (tertiary/aromatic N) is 1. The highest BCUT2D eigenvalue weighted by atomic mass is 16.1. The van der Waals surface area contributed by atoms with Crippen LogP contribution in [0.15, 0.2) is 34.1 Å². The van der Waals surface area contributed by atoms with E-state index in [2.05, 4.69) is 15.2 Å². The molecule has 4 rings (SSSR count). The predicted octanol–water partition coefficient (Wildman–Crippen LogP) is 3.23. The summed E-state index contributed by atoms with van der Waals surface area (Å²) in [6, 6.07) is 8.00. The van der Waals surface area contributed by atoms with Gasteiger partial charge in [0.15, 0.2) is 0 Å². The summed E-state index contributed by atoms with van der Waals surface area (Å²) >= 11 is 0. The van der Waals surface area contributed by atoms with Gasteiger partial charge in [-0.3, -0.25) is 14.9 Å². The Labute approximate surface area is 116 Å². The summed E-state index contributed by atoms with van der Waals surface area (Å²) in [5.41, 5.74) is 4.83. The van der Waals surface area contributed by atoms with Crippen LogP contribution in [0.1, 0.15) is 42.0 Å². The van der Waals surface area contributed by atoms with E-state index in [-0.39, 0.29) is 5.56 Å². The number of rotatable bonds is 2.